The summed E-state index contributed by atoms with van der Waals surface area (Å²) in [7, 11) is 3.22. The van der Waals surface area contributed by atoms with Crippen molar-refractivity contribution in [2.75, 3.05) is 20.2 Å². The van der Waals surface area contributed by atoms with Gasteiger partial charge in [0.15, 0.2) is 0 Å². The maximum Gasteiger partial charge on any atom is 0.491 e. The van der Waals surface area contributed by atoms with Crippen LogP contribution in [0.2, 0.25) is 0 Å². The second-order valence-corrected chi connectivity index (χ2v) is 8.10. The van der Waals surface area contributed by atoms with Crippen molar-refractivity contribution in [3.63, 3.8) is 0 Å². The summed E-state index contributed by atoms with van der Waals surface area (Å²) < 4.78 is 50.5. The second-order valence-electron chi connectivity index (χ2n) is 8.10. The summed E-state index contributed by atoms with van der Waals surface area (Å²) in [4.78, 5) is 19.9. The van der Waals surface area contributed by atoms with Crippen LogP contribution in [0, 0.1) is 0 Å². The first-order valence-corrected chi connectivity index (χ1v) is 10.9. The van der Waals surface area contributed by atoms with E-state index in [9.17, 15) is 18.0 Å². The average Bonchev–Trinajstić information content (AvgIpc) is 3.52. The van der Waals surface area contributed by atoms with Crippen molar-refractivity contribution in [3.05, 3.63) is 60.3 Å². The highest BCUT2D eigenvalue weighted by molar-refractivity contribution is 5.99. The number of benzene rings is 2. The van der Waals surface area contributed by atoms with Crippen LogP contribution in [-0.4, -0.2) is 52.1 Å². The molecule has 36 heavy (non-hydrogen) atoms. The molecule has 0 unspecified atom stereocenters. The number of rotatable bonds is 5. The first-order valence-electron chi connectivity index (χ1n) is 10.9. The van der Waals surface area contributed by atoms with E-state index in [0.717, 1.165) is 16.7 Å². The van der Waals surface area contributed by atoms with E-state index in [2.05, 4.69) is 25.1 Å². The van der Waals surface area contributed by atoms with E-state index in [-0.39, 0.29) is 11.2 Å². The van der Waals surface area contributed by atoms with Gasteiger partial charge in [-0.25, -0.2) is 4.79 Å². The number of esters is 1. The lowest BCUT2D eigenvalue weighted by Crippen LogP contribution is -2.28. The molecule has 0 radical (unpaired) electrons. The Morgan fingerprint density at radius 2 is 1.86 bits per heavy atom. The molecule has 1 aliphatic rings. The molecule has 1 N–H and O–H groups in total. The number of fused-ring (bicyclic) bond motifs is 1. The third-order valence-electron chi connectivity index (χ3n) is 5.70. The fourth-order valence-electron chi connectivity index (χ4n) is 4.10. The first-order chi connectivity index (χ1) is 17.2. The van der Waals surface area contributed by atoms with Gasteiger partial charge >= 0.3 is 18.2 Å². The molecule has 0 saturated heterocycles. The Kier molecular flexibility index (Phi) is 5.92. The highest BCUT2D eigenvalue weighted by Gasteiger charge is 2.42. The summed E-state index contributed by atoms with van der Waals surface area (Å²) in [5, 5.41) is 8.33. The minimum Gasteiger partial charge on any atom is -0.496 e. The first kappa shape index (κ1) is 23.5. The molecule has 3 heterocycles. The minimum absolute atomic E-state index is 0.250. The molecule has 1 aliphatic heterocycles. The van der Waals surface area contributed by atoms with E-state index in [1.54, 1.807) is 24.0 Å². The number of carbonyl (C=O) groups is 1. The molecule has 184 valence electrons. The number of nitrogens with one attached hydrogen (secondary N) is 1. The highest BCUT2D eigenvalue weighted by atomic mass is 19.4. The molecule has 0 atom stereocenters. The van der Waals surface area contributed by atoms with Crippen LogP contribution in [0.3, 0.4) is 0 Å². The molecule has 0 aliphatic carbocycles. The Labute approximate surface area is 203 Å². The van der Waals surface area contributed by atoms with Gasteiger partial charge in [-0.05, 0) is 11.6 Å². The van der Waals surface area contributed by atoms with Gasteiger partial charge in [0, 0.05) is 54.5 Å². The van der Waals surface area contributed by atoms with Gasteiger partial charge in [0.1, 0.15) is 11.4 Å². The van der Waals surface area contributed by atoms with Crippen molar-refractivity contribution in [2.24, 2.45) is 7.05 Å². The van der Waals surface area contributed by atoms with Crippen LogP contribution in [0.15, 0.2) is 54.7 Å². The van der Waals surface area contributed by atoms with E-state index < -0.39 is 18.2 Å². The summed E-state index contributed by atoms with van der Waals surface area (Å²) in [5.74, 6) is -1.93. The van der Waals surface area contributed by atoms with Gasteiger partial charge in [0.05, 0.1) is 18.3 Å². The van der Waals surface area contributed by atoms with Crippen LogP contribution in [0.1, 0.15) is 5.56 Å². The van der Waals surface area contributed by atoms with Crippen LogP contribution in [-0.2, 0) is 11.8 Å². The molecular formula is C25H20F3N5O3. The lowest BCUT2D eigenvalue weighted by Gasteiger charge is -2.14. The van der Waals surface area contributed by atoms with E-state index in [0.29, 0.717) is 35.5 Å². The number of aryl methyl sites for hydroxylation is 1. The Bertz CT molecular complexity index is 1500. The van der Waals surface area contributed by atoms with E-state index in [1.165, 1.54) is 7.11 Å². The van der Waals surface area contributed by atoms with Crippen LogP contribution < -0.4 is 14.8 Å². The summed E-state index contributed by atoms with van der Waals surface area (Å²) in [6, 6.07) is 12.0. The Morgan fingerprint density at radius 1 is 1.08 bits per heavy atom. The van der Waals surface area contributed by atoms with Crippen LogP contribution in [0.25, 0.3) is 39.0 Å². The maximum atomic E-state index is 12.9. The number of ether oxygens (including phenoxy) is 2. The number of halogens is 3. The smallest absolute Gasteiger partial charge is 0.491 e. The molecular weight excluding hydrogens is 475 g/mol. The quantitative estimate of drug-likeness (QED) is 0.416. The molecule has 2 aromatic heterocycles. The number of alkyl halides is 3. The van der Waals surface area contributed by atoms with Crippen molar-refractivity contribution in [2.45, 2.75) is 6.18 Å². The maximum absolute atomic E-state index is 12.9. The fourth-order valence-corrected chi connectivity index (χ4v) is 4.10. The predicted octanol–water partition coefficient (Wildman–Crippen LogP) is 4.16. The summed E-state index contributed by atoms with van der Waals surface area (Å²) in [6.45, 7) is 1.33. The topological polar surface area (TPSA) is 91.2 Å². The second kappa shape index (κ2) is 9.08. The highest BCUT2D eigenvalue weighted by Crippen LogP contribution is 2.39. The number of methoxy groups -OCH3 is 1. The van der Waals surface area contributed by atoms with Gasteiger partial charge in [-0.1, -0.05) is 36.4 Å². The summed E-state index contributed by atoms with van der Waals surface area (Å²) >= 11 is 0. The molecule has 11 heteroatoms. The molecule has 0 spiro atoms. The Balaban J connectivity index is 1.78. The van der Waals surface area contributed by atoms with Crippen LogP contribution in [0.4, 0.5) is 13.2 Å². The number of hydrogen-bond acceptors (Lipinski definition) is 7. The van der Waals surface area contributed by atoms with Gasteiger partial charge in [-0.15, -0.1) is 0 Å². The zero-order valence-corrected chi connectivity index (χ0v) is 19.3. The Morgan fingerprint density at radius 3 is 2.53 bits per heavy atom. The summed E-state index contributed by atoms with van der Waals surface area (Å²) in [6.07, 6.45) is -1.46. The van der Waals surface area contributed by atoms with Crippen molar-refractivity contribution in [1.82, 2.24) is 25.1 Å². The van der Waals surface area contributed by atoms with Crippen molar-refractivity contribution >= 4 is 22.4 Å². The van der Waals surface area contributed by atoms with E-state index >= 15 is 0 Å². The monoisotopic (exact) mass is 495 g/mol. The van der Waals surface area contributed by atoms with E-state index in [4.69, 9.17) is 4.74 Å². The predicted molar refractivity (Wildman–Crippen MR) is 126 cm³/mol. The number of nitrogens with zero attached hydrogens (tertiary/aromatic N) is 4. The number of hydrogen-bond donors (Lipinski definition) is 1. The number of aromatic nitrogens is 4. The SMILES string of the molecule is COc1cc2nc(OC(=O)C(F)(F)F)nc(-c3cn(C)nc3-c3ccccc3)c2cc1C1=CCNC1. The fraction of sp³-hybridized carbons (Fsp3) is 0.200. The molecule has 4 aromatic rings. The van der Waals surface area contributed by atoms with Gasteiger partial charge < -0.3 is 14.8 Å². The van der Waals surface area contributed by atoms with Gasteiger partial charge in [0.25, 0.3) is 0 Å². The Hall–Kier alpha value is -4.25. The van der Waals surface area contributed by atoms with Gasteiger partial charge in [-0.3, -0.25) is 4.68 Å². The molecule has 0 saturated carbocycles. The van der Waals surface area contributed by atoms with Crippen molar-refractivity contribution in [3.8, 4) is 34.3 Å². The third-order valence-corrected chi connectivity index (χ3v) is 5.70. The zero-order chi connectivity index (χ0) is 25.4. The van der Waals surface area contributed by atoms with Crippen molar-refractivity contribution < 1.29 is 27.4 Å². The molecule has 8 nitrogen and oxygen atoms in total. The van der Waals surface area contributed by atoms with Gasteiger partial charge in [-0.2, -0.15) is 28.2 Å². The van der Waals surface area contributed by atoms with Gasteiger partial charge in [0.2, 0.25) is 0 Å². The van der Waals surface area contributed by atoms with Crippen LogP contribution in [0.5, 0.6) is 11.8 Å². The lowest BCUT2D eigenvalue weighted by atomic mass is 9.98. The minimum atomic E-state index is -5.20. The van der Waals surface area contributed by atoms with Crippen molar-refractivity contribution in [1.29, 1.82) is 0 Å². The average molecular weight is 495 g/mol. The zero-order valence-electron chi connectivity index (χ0n) is 19.3. The third kappa shape index (κ3) is 4.40. The lowest BCUT2D eigenvalue weighted by molar-refractivity contribution is -0.190. The molecule has 5 rings (SSSR count). The normalized spacial score (nSPS) is 13.6. The molecule has 0 fully saturated rings. The summed E-state index contributed by atoms with van der Waals surface area (Å²) in [5.41, 5.74) is 4.20. The van der Waals surface area contributed by atoms with E-state index in [1.807, 2.05) is 42.5 Å². The molecule has 0 bridgehead atoms. The number of carbonyl (C=O) groups excluding carboxylic acids is 1. The standard InChI is InChI=1S/C25H20F3N5O3/c1-33-13-18(21(32-33)14-6-4-3-5-7-14)22-17-10-16(15-8-9-29-12-15)20(35-2)11-19(17)30-24(31-22)36-23(34)25(26,27)28/h3-8,10-11,13,29H,9,12H2,1-2H3. The van der Waals surface area contributed by atoms with Crippen LogP contribution >= 0.6 is 0 Å². The largest absolute Gasteiger partial charge is 0.496 e. The molecule has 2 aromatic carbocycles. The molecule has 0 amide bonds.